The number of benzene rings is 1. The molecule has 1 saturated heterocycles. The lowest BCUT2D eigenvalue weighted by Gasteiger charge is -2.34. The fourth-order valence-corrected chi connectivity index (χ4v) is 3.72. The molecule has 1 fully saturated rings. The van der Waals surface area contributed by atoms with E-state index < -0.39 is 0 Å². The molecule has 27 heavy (non-hydrogen) atoms. The lowest BCUT2D eigenvalue weighted by atomic mass is 10.1. The number of aromatic nitrogens is 2. The third kappa shape index (κ3) is 3.74. The molecule has 0 spiro atoms. The van der Waals surface area contributed by atoms with Crippen LogP contribution in [0.15, 0.2) is 54.7 Å². The fraction of sp³-hybridized carbons (Fsp3) is 0.364. The highest BCUT2D eigenvalue weighted by atomic mass is 16.2. The Bertz CT molecular complexity index is 925. The van der Waals surface area contributed by atoms with Gasteiger partial charge in [0, 0.05) is 37.3 Å². The van der Waals surface area contributed by atoms with Crippen LogP contribution in [-0.2, 0) is 0 Å². The summed E-state index contributed by atoms with van der Waals surface area (Å²) in [4.78, 5) is 17.4. The van der Waals surface area contributed by atoms with E-state index in [-0.39, 0.29) is 5.91 Å². The Morgan fingerprint density at radius 1 is 1.04 bits per heavy atom. The molecule has 0 saturated carbocycles. The highest BCUT2D eigenvalue weighted by Crippen LogP contribution is 2.22. The van der Waals surface area contributed by atoms with Crippen molar-refractivity contribution in [2.24, 2.45) is 0 Å². The standard InChI is InChI=1S/C22H26N4O/c1-2-3-12-24-13-15-25(16-14-24)22(27)19-7-4-6-18(17-19)21-9-5-8-20-10-11-23-26(20)21/h4-11,17H,2-3,12-16H2,1H3. The van der Waals surface area contributed by atoms with E-state index >= 15 is 0 Å². The Labute approximate surface area is 160 Å². The number of pyridine rings is 1. The van der Waals surface area contributed by atoms with Crippen LogP contribution >= 0.6 is 0 Å². The highest BCUT2D eigenvalue weighted by Gasteiger charge is 2.22. The molecule has 0 N–H and O–H groups in total. The molecule has 5 nitrogen and oxygen atoms in total. The van der Waals surface area contributed by atoms with Gasteiger partial charge < -0.3 is 4.90 Å². The summed E-state index contributed by atoms with van der Waals surface area (Å²) < 4.78 is 1.91. The van der Waals surface area contributed by atoms with Crippen LogP contribution in [-0.4, -0.2) is 58.0 Å². The van der Waals surface area contributed by atoms with Crippen LogP contribution in [0.2, 0.25) is 0 Å². The van der Waals surface area contributed by atoms with Crippen molar-refractivity contribution in [2.45, 2.75) is 19.8 Å². The second-order valence-electron chi connectivity index (χ2n) is 7.15. The zero-order valence-corrected chi connectivity index (χ0v) is 15.8. The Balaban J connectivity index is 1.51. The van der Waals surface area contributed by atoms with Crippen LogP contribution in [0.4, 0.5) is 0 Å². The summed E-state index contributed by atoms with van der Waals surface area (Å²) >= 11 is 0. The molecular weight excluding hydrogens is 336 g/mol. The first-order valence-corrected chi connectivity index (χ1v) is 9.81. The normalized spacial score (nSPS) is 15.4. The predicted octanol–water partition coefficient (Wildman–Crippen LogP) is 3.56. The number of hydrogen-bond acceptors (Lipinski definition) is 3. The van der Waals surface area contributed by atoms with E-state index in [1.807, 2.05) is 57.9 Å². The maximum absolute atomic E-state index is 13.0. The maximum Gasteiger partial charge on any atom is 0.253 e. The molecule has 5 heteroatoms. The zero-order chi connectivity index (χ0) is 18.6. The van der Waals surface area contributed by atoms with E-state index in [4.69, 9.17) is 0 Å². The van der Waals surface area contributed by atoms with Crippen molar-refractivity contribution in [3.8, 4) is 11.3 Å². The second kappa shape index (κ2) is 7.92. The second-order valence-corrected chi connectivity index (χ2v) is 7.15. The smallest absolute Gasteiger partial charge is 0.253 e. The minimum atomic E-state index is 0.125. The van der Waals surface area contributed by atoms with Gasteiger partial charge in [-0.05, 0) is 43.3 Å². The summed E-state index contributed by atoms with van der Waals surface area (Å²) in [6.07, 6.45) is 4.25. The average Bonchev–Trinajstić information content (AvgIpc) is 3.21. The third-order valence-corrected chi connectivity index (χ3v) is 5.31. The SMILES string of the molecule is CCCCN1CCN(C(=O)c2cccc(-c3cccc4ccnn34)c2)CC1. The van der Waals surface area contributed by atoms with Gasteiger partial charge in [0.1, 0.15) is 0 Å². The van der Waals surface area contributed by atoms with Crippen LogP contribution in [0.5, 0.6) is 0 Å². The summed E-state index contributed by atoms with van der Waals surface area (Å²) in [5.74, 6) is 0.125. The molecule has 3 heterocycles. The number of nitrogens with zero attached hydrogens (tertiary/aromatic N) is 4. The van der Waals surface area contributed by atoms with Gasteiger partial charge >= 0.3 is 0 Å². The third-order valence-electron chi connectivity index (χ3n) is 5.31. The number of carbonyl (C=O) groups excluding carboxylic acids is 1. The minimum absolute atomic E-state index is 0.125. The molecule has 1 aliphatic heterocycles. The summed E-state index contributed by atoms with van der Waals surface area (Å²) in [5, 5.41) is 4.41. The monoisotopic (exact) mass is 362 g/mol. The lowest BCUT2D eigenvalue weighted by Crippen LogP contribution is -2.48. The van der Waals surface area contributed by atoms with Crippen molar-refractivity contribution >= 4 is 11.4 Å². The van der Waals surface area contributed by atoms with Crippen molar-refractivity contribution in [3.63, 3.8) is 0 Å². The zero-order valence-electron chi connectivity index (χ0n) is 15.8. The molecular formula is C22H26N4O. The first-order valence-electron chi connectivity index (χ1n) is 9.81. The minimum Gasteiger partial charge on any atom is -0.336 e. The van der Waals surface area contributed by atoms with Gasteiger partial charge in [0.2, 0.25) is 0 Å². The van der Waals surface area contributed by atoms with Crippen molar-refractivity contribution in [3.05, 3.63) is 60.3 Å². The van der Waals surface area contributed by atoms with E-state index in [1.54, 1.807) is 6.20 Å². The summed E-state index contributed by atoms with van der Waals surface area (Å²) in [7, 11) is 0. The maximum atomic E-state index is 13.0. The van der Waals surface area contributed by atoms with Crippen LogP contribution < -0.4 is 0 Å². The lowest BCUT2D eigenvalue weighted by molar-refractivity contribution is 0.0636. The number of piperazine rings is 1. The first kappa shape index (κ1) is 17.7. The number of carbonyl (C=O) groups is 1. The fourth-order valence-electron chi connectivity index (χ4n) is 3.72. The van der Waals surface area contributed by atoms with E-state index in [0.29, 0.717) is 0 Å². The number of amides is 1. The topological polar surface area (TPSA) is 40.8 Å². The molecule has 2 aromatic heterocycles. The van der Waals surface area contributed by atoms with Gasteiger partial charge in [0.25, 0.3) is 5.91 Å². The number of fused-ring (bicyclic) bond motifs is 1. The number of rotatable bonds is 5. The van der Waals surface area contributed by atoms with Crippen molar-refractivity contribution < 1.29 is 4.79 Å². The predicted molar refractivity (Wildman–Crippen MR) is 108 cm³/mol. The summed E-state index contributed by atoms with van der Waals surface area (Å²) in [6, 6.07) is 16.0. The van der Waals surface area contributed by atoms with Gasteiger partial charge in [-0.25, -0.2) is 4.52 Å². The molecule has 0 unspecified atom stereocenters. The van der Waals surface area contributed by atoms with E-state index in [0.717, 1.165) is 55.1 Å². The van der Waals surface area contributed by atoms with Gasteiger partial charge in [-0.15, -0.1) is 0 Å². The van der Waals surface area contributed by atoms with Crippen molar-refractivity contribution in [2.75, 3.05) is 32.7 Å². The van der Waals surface area contributed by atoms with Crippen molar-refractivity contribution in [1.82, 2.24) is 19.4 Å². The molecule has 0 bridgehead atoms. The van der Waals surface area contributed by atoms with Gasteiger partial charge in [-0.3, -0.25) is 9.69 Å². The Morgan fingerprint density at radius 2 is 1.85 bits per heavy atom. The van der Waals surface area contributed by atoms with Crippen LogP contribution in [0, 0.1) is 0 Å². The van der Waals surface area contributed by atoms with Crippen LogP contribution in [0.1, 0.15) is 30.1 Å². The largest absolute Gasteiger partial charge is 0.336 e. The van der Waals surface area contributed by atoms with Crippen molar-refractivity contribution in [1.29, 1.82) is 0 Å². The molecule has 4 rings (SSSR count). The first-order chi connectivity index (χ1) is 13.3. The van der Waals surface area contributed by atoms with Gasteiger partial charge in [-0.1, -0.05) is 31.5 Å². The average molecular weight is 362 g/mol. The van der Waals surface area contributed by atoms with E-state index in [1.165, 1.54) is 12.8 Å². The van der Waals surface area contributed by atoms with Gasteiger partial charge in [0.15, 0.2) is 0 Å². The Kier molecular flexibility index (Phi) is 5.21. The molecule has 1 aliphatic rings. The molecule has 0 radical (unpaired) electrons. The van der Waals surface area contributed by atoms with Crippen LogP contribution in [0.25, 0.3) is 16.8 Å². The number of hydrogen-bond donors (Lipinski definition) is 0. The Morgan fingerprint density at radius 3 is 2.67 bits per heavy atom. The molecule has 0 aliphatic carbocycles. The summed E-state index contributed by atoms with van der Waals surface area (Å²) in [5.41, 5.74) is 3.80. The summed E-state index contributed by atoms with van der Waals surface area (Å²) in [6.45, 7) is 6.91. The highest BCUT2D eigenvalue weighted by molar-refractivity contribution is 5.95. The van der Waals surface area contributed by atoms with Crippen LogP contribution in [0.3, 0.4) is 0 Å². The quantitative estimate of drug-likeness (QED) is 0.697. The molecule has 1 amide bonds. The molecule has 140 valence electrons. The number of unbranched alkanes of at least 4 members (excludes halogenated alkanes) is 1. The van der Waals surface area contributed by atoms with E-state index in [2.05, 4.69) is 16.9 Å². The Hall–Kier alpha value is -2.66. The van der Waals surface area contributed by atoms with E-state index in [9.17, 15) is 4.79 Å². The molecule has 1 aromatic carbocycles. The van der Waals surface area contributed by atoms with Gasteiger partial charge in [-0.2, -0.15) is 5.10 Å². The molecule has 0 atom stereocenters. The van der Waals surface area contributed by atoms with Gasteiger partial charge in [0.05, 0.1) is 17.4 Å². The molecule has 3 aromatic rings.